The Bertz CT molecular complexity index is 336. The van der Waals surface area contributed by atoms with Gasteiger partial charge in [0.2, 0.25) is 0 Å². The largest absolute Gasteiger partial charge is 0.328 e. The van der Waals surface area contributed by atoms with E-state index in [4.69, 9.17) is 5.73 Å². The zero-order valence-electron chi connectivity index (χ0n) is 9.62. The molecule has 1 aromatic carbocycles. The van der Waals surface area contributed by atoms with E-state index in [0.29, 0.717) is 12.1 Å². The van der Waals surface area contributed by atoms with Crippen LogP contribution in [0.3, 0.4) is 0 Å². The second-order valence-electron chi connectivity index (χ2n) is 4.71. The quantitative estimate of drug-likeness (QED) is 0.824. The summed E-state index contributed by atoms with van der Waals surface area (Å²) in [6, 6.07) is 7.80. The Morgan fingerprint density at radius 3 is 2.56 bits per heavy atom. The van der Waals surface area contributed by atoms with Gasteiger partial charge in [-0.15, -0.1) is 0 Å². The molecule has 16 heavy (non-hydrogen) atoms. The molecule has 3 unspecified atom stereocenters. The molecule has 2 nitrogen and oxygen atoms in total. The first-order chi connectivity index (χ1) is 7.65. The summed E-state index contributed by atoms with van der Waals surface area (Å²) in [5.74, 6) is -0.182. The lowest BCUT2D eigenvalue weighted by Crippen LogP contribution is -2.30. The Morgan fingerprint density at radius 1 is 1.31 bits per heavy atom. The molecule has 2 rings (SSSR count). The van der Waals surface area contributed by atoms with Gasteiger partial charge in [-0.25, -0.2) is 4.39 Å². The van der Waals surface area contributed by atoms with Crippen LogP contribution in [0.5, 0.6) is 0 Å². The fourth-order valence-corrected chi connectivity index (χ4v) is 2.37. The van der Waals surface area contributed by atoms with Crippen LogP contribution in [0.4, 0.5) is 4.39 Å². The third kappa shape index (κ3) is 2.80. The molecule has 0 heterocycles. The van der Waals surface area contributed by atoms with Crippen molar-refractivity contribution in [2.45, 2.75) is 44.3 Å². The average Bonchev–Trinajstić information content (AvgIpc) is 2.65. The molecular formula is C13H19FN2. The molecule has 88 valence electrons. The molecule has 1 fully saturated rings. The molecule has 0 radical (unpaired) electrons. The Morgan fingerprint density at radius 2 is 2.00 bits per heavy atom. The monoisotopic (exact) mass is 222 g/mol. The first-order valence-electron chi connectivity index (χ1n) is 5.92. The Hall–Kier alpha value is -0.930. The molecule has 3 N–H and O–H groups in total. The zero-order chi connectivity index (χ0) is 11.5. The summed E-state index contributed by atoms with van der Waals surface area (Å²) in [6.45, 7) is 2.11. The number of rotatable bonds is 3. The summed E-state index contributed by atoms with van der Waals surface area (Å²) in [4.78, 5) is 0. The molecule has 1 aromatic rings. The fraction of sp³-hybridized carbons (Fsp3) is 0.538. The van der Waals surface area contributed by atoms with Crippen LogP contribution in [0.25, 0.3) is 0 Å². The van der Waals surface area contributed by atoms with Crippen LogP contribution in [-0.2, 0) is 0 Å². The van der Waals surface area contributed by atoms with E-state index in [-0.39, 0.29) is 11.9 Å². The van der Waals surface area contributed by atoms with Gasteiger partial charge < -0.3 is 11.1 Å². The summed E-state index contributed by atoms with van der Waals surface area (Å²) in [5.41, 5.74) is 7.00. The average molecular weight is 222 g/mol. The van der Waals surface area contributed by atoms with Crippen LogP contribution < -0.4 is 11.1 Å². The van der Waals surface area contributed by atoms with Gasteiger partial charge >= 0.3 is 0 Å². The smallest absolute Gasteiger partial charge is 0.123 e. The SMILES string of the molecule is CC(NC1CCC(N)C1)c1ccc(F)cc1. The lowest BCUT2D eigenvalue weighted by Gasteiger charge is -2.19. The predicted octanol–water partition coefficient (Wildman–Crippen LogP) is 2.36. The van der Waals surface area contributed by atoms with Gasteiger partial charge in [0.05, 0.1) is 0 Å². The fourth-order valence-electron chi connectivity index (χ4n) is 2.37. The minimum absolute atomic E-state index is 0.182. The van der Waals surface area contributed by atoms with E-state index in [1.54, 1.807) is 0 Å². The van der Waals surface area contributed by atoms with Crippen molar-refractivity contribution in [2.75, 3.05) is 0 Å². The molecule has 0 bridgehead atoms. The normalized spacial score (nSPS) is 26.9. The van der Waals surface area contributed by atoms with E-state index in [2.05, 4.69) is 12.2 Å². The molecule has 0 spiro atoms. The number of nitrogens with one attached hydrogen (secondary N) is 1. The van der Waals surface area contributed by atoms with Crippen LogP contribution in [0.1, 0.15) is 37.8 Å². The van der Waals surface area contributed by atoms with Gasteiger partial charge in [0.25, 0.3) is 0 Å². The highest BCUT2D eigenvalue weighted by Gasteiger charge is 2.22. The summed E-state index contributed by atoms with van der Waals surface area (Å²) in [6.07, 6.45) is 3.30. The first-order valence-corrected chi connectivity index (χ1v) is 5.92. The van der Waals surface area contributed by atoms with E-state index < -0.39 is 0 Å². The van der Waals surface area contributed by atoms with E-state index in [0.717, 1.165) is 24.8 Å². The van der Waals surface area contributed by atoms with Gasteiger partial charge in [0, 0.05) is 18.1 Å². The minimum atomic E-state index is -0.182. The van der Waals surface area contributed by atoms with Crippen molar-refractivity contribution >= 4 is 0 Å². The van der Waals surface area contributed by atoms with E-state index in [1.807, 2.05) is 12.1 Å². The predicted molar refractivity (Wildman–Crippen MR) is 63.6 cm³/mol. The highest BCUT2D eigenvalue weighted by Crippen LogP contribution is 2.21. The van der Waals surface area contributed by atoms with Gasteiger partial charge in [0.1, 0.15) is 5.82 Å². The van der Waals surface area contributed by atoms with Gasteiger partial charge in [0.15, 0.2) is 0 Å². The van der Waals surface area contributed by atoms with Gasteiger partial charge in [-0.05, 0) is 43.9 Å². The summed E-state index contributed by atoms with van der Waals surface area (Å²) in [7, 11) is 0. The highest BCUT2D eigenvalue weighted by atomic mass is 19.1. The van der Waals surface area contributed by atoms with E-state index in [1.165, 1.54) is 12.1 Å². The third-order valence-electron chi connectivity index (χ3n) is 3.33. The summed E-state index contributed by atoms with van der Waals surface area (Å²) < 4.78 is 12.8. The van der Waals surface area contributed by atoms with Crippen molar-refractivity contribution in [2.24, 2.45) is 5.73 Å². The maximum Gasteiger partial charge on any atom is 0.123 e. The third-order valence-corrected chi connectivity index (χ3v) is 3.33. The minimum Gasteiger partial charge on any atom is -0.328 e. The Balaban J connectivity index is 1.92. The van der Waals surface area contributed by atoms with E-state index in [9.17, 15) is 4.39 Å². The van der Waals surface area contributed by atoms with Crippen LogP contribution in [-0.4, -0.2) is 12.1 Å². The molecule has 0 aromatic heterocycles. The standard InChI is InChI=1S/C13H19FN2/c1-9(10-2-4-11(14)5-3-10)16-13-7-6-12(15)8-13/h2-5,9,12-13,16H,6-8,15H2,1H3. The highest BCUT2D eigenvalue weighted by molar-refractivity contribution is 5.19. The lowest BCUT2D eigenvalue weighted by atomic mass is 10.1. The molecule has 0 saturated heterocycles. The van der Waals surface area contributed by atoms with E-state index >= 15 is 0 Å². The van der Waals surface area contributed by atoms with Crippen molar-refractivity contribution < 1.29 is 4.39 Å². The molecule has 0 amide bonds. The van der Waals surface area contributed by atoms with Gasteiger partial charge in [-0.2, -0.15) is 0 Å². The van der Waals surface area contributed by atoms with Crippen LogP contribution in [0, 0.1) is 5.82 Å². The number of hydrogen-bond donors (Lipinski definition) is 2. The number of nitrogens with two attached hydrogens (primary N) is 1. The maximum atomic E-state index is 12.8. The number of halogens is 1. The molecule has 1 saturated carbocycles. The van der Waals surface area contributed by atoms with Crippen molar-refractivity contribution in [3.8, 4) is 0 Å². The molecule has 3 heteroatoms. The lowest BCUT2D eigenvalue weighted by molar-refractivity contribution is 0.456. The summed E-state index contributed by atoms with van der Waals surface area (Å²) >= 11 is 0. The zero-order valence-corrected chi connectivity index (χ0v) is 9.62. The van der Waals surface area contributed by atoms with Crippen LogP contribution in [0.15, 0.2) is 24.3 Å². The Kier molecular flexibility index (Phi) is 3.56. The molecule has 1 aliphatic rings. The van der Waals surface area contributed by atoms with Crippen molar-refractivity contribution in [3.05, 3.63) is 35.6 Å². The molecule has 3 atom stereocenters. The summed E-state index contributed by atoms with van der Waals surface area (Å²) in [5, 5.41) is 3.54. The van der Waals surface area contributed by atoms with Crippen molar-refractivity contribution in [1.29, 1.82) is 0 Å². The topological polar surface area (TPSA) is 38.0 Å². The van der Waals surface area contributed by atoms with Crippen LogP contribution in [0.2, 0.25) is 0 Å². The molecule has 0 aliphatic heterocycles. The molecular weight excluding hydrogens is 203 g/mol. The Labute approximate surface area is 96.0 Å². The van der Waals surface area contributed by atoms with Crippen LogP contribution >= 0.6 is 0 Å². The second-order valence-corrected chi connectivity index (χ2v) is 4.71. The maximum absolute atomic E-state index is 12.8. The van der Waals surface area contributed by atoms with Crippen molar-refractivity contribution in [1.82, 2.24) is 5.32 Å². The van der Waals surface area contributed by atoms with Gasteiger partial charge in [-0.1, -0.05) is 12.1 Å². The number of hydrogen-bond acceptors (Lipinski definition) is 2. The molecule has 1 aliphatic carbocycles. The number of benzene rings is 1. The van der Waals surface area contributed by atoms with Gasteiger partial charge in [-0.3, -0.25) is 0 Å². The van der Waals surface area contributed by atoms with Crippen molar-refractivity contribution in [3.63, 3.8) is 0 Å². The second kappa shape index (κ2) is 4.93. The first kappa shape index (κ1) is 11.6.